The van der Waals surface area contributed by atoms with Gasteiger partial charge in [0.2, 0.25) is 5.96 Å². The molecule has 1 unspecified atom stereocenters. The maximum atomic E-state index is 13.9. The summed E-state index contributed by atoms with van der Waals surface area (Å²) < 4.78 is 5.88. The van der Waals surface area contributed by atoms with E-state index in [4.69, 9.17) is 9.73 Å². The van der Waals surface area contributed by atoms with Crippen molar-refractivity contribution < 1.29 is 9.53 Å². The van der Waals surface area contributed by atoms with Gasteiger partial charge in [0.05, 0.1) is 6.61 Å². The van der Waals surface area contributed by atoms with E-state index in [-0.39, 0.29) is 5.91 Å². The Kier molecular flexibility index (Phi) is 6.91. The number of hydrogen-bond acceptors (Lipinski definition) is 6. The van der Waals surface area contributed by atoms with Gasteiger partial charge in [0.1, 0.15) is 12.1 Å². The average Bonchev–Trinajstić information content (AvgIpc) is 3.13. The Labute approximate surface area is 200 Å². The molecule has 2 heterocycles. The topological polar surface area (TPSA) is 79.7 Å². The number of benzene rings is 2. The summed E-state index contributed by atoms with van der Waals surface area (Å²) >= 11 is 0. The van der Waals surface area contributed by atoms with Crippen LogP contribution >= 0.6 is 0 Å². The van der Waals surface area contributed by atoms with Gasteiger partial charge in [-0.25, -0.2) is 15.0 Å². The van der Waals surface area contributed by atoms with E-state index < -0.39 is 5.54 Å². The van der Waals surface area contributed by atoms with Gasteiger partial charge in [0, 0.05) is 31.5 Å². The third kappa shape index (κ3) is 4.25. The molecule has 0 spiro atoms. The fourth-order valence-corrected chi connectivity index (χ4v) is 4.18. The predicted octanol–water partition coefficient (Wildman–Crippen LogP) is 4.31. The molecule has 176 valence electrons. The van der Waals surface area contributed by atoms with Crippen molar-refractivity contribution >= 4 is 11.9 Å². The molecule has 1 aromatic heterocycles. The minimum Gasteiger partial charge on any atom is -0.493 e. The standard InChI is InChI=1S/C27H31N5O2/c1-5-12-30-26-31-27(25(33)32(26)4,23-10-11-24(19(3)14-23)34-13-6-2)22-9-7-8-20(15-22)21-16-28-18-29-17-21/h7-11,14-18H,5-6,12-13H2,1-4H3,(H,30,31). The minimum absolute atomic E-state index is 0.103. The lowest BCUT2D eigenvalue weighted by molar-refractivity contribution is -0.129. The minimum atomic E-state index is -1.20. The first-order valence-electron chi connectivity index (χ1n) is 11.7. The van der Waals surface area contributed by atoms with Crippen molar-refractivity contribution in [1.29, 1.82) is 0 Å². The van der Waals surface area contributed by atoms with Crippen LogP contribution in [0.1, 0.15) is 43.4 Å². The summed E-state index contributed by atoms with van der Waals surface area (Å²) in [5.41, 5.74) is 3.17. The number of aryl methyl sites for hydroxylation is 1. The van der Waals surface area contributed by atoms with Crippen LogP contribution in [0.25, 0.3) is 11.1 Å². The number of ether oxygens (including phenoxy) is 1. The molecule has 0 saturated heterocycles. The molecule has 4 rings (SSSR count). The molecule has 7 heteroatoms. The monoisotopic (exact) mass is 457 g/mol. The van der Waals surface area contributed by atoms with Gasteiger partial charge in [-0.2, -0.15) is 0 Å². The highest BCUT2D eigenvalue weighted by atomic mass is 16.5. The zero-order valence-electron chi connectivity index (χ0n) is 20.2. The van der Waals surface area contributed by atoms with Crippen molar-refractivity contribution in [2.45, 2.75) is 39.2 Å². The Morgan fingerprint density at radius 2 is 1.76 bits per heavy atom. The van der Waals surface area contributed by atoms with Crippen LogP contribution in [0.15, 0.2) is 66.2 Å². The van der Waals surface area contributed by atoms with E-state index in [1.165, 1.54) is 6.33 Å². The largest absolute Gasteiger partial charge is 0.493 e. The van der Waals surface area contributed by atoms with Gasteiger partial charge in [-0.05, 0) is 60.2 Å². The number of aromatic nitrogens is 2. The van der Waals surface area contributed by atoms with Crippen LogP contribution in [0.2, 0.25) is 0 Å². The molecule has 0 aliphatic carbocycles. The average molecular weight is 458 g/mol. The fourth-order valence-electron chi connectivity index (χ4n) is 4.18. The normalized spacial score (nSPS) is 17.6. The molecule has 0 bridgehead atoms. The quantitative estimate of drug-likeness (QED) is 0.545. The van der Waals surface area contributed by atoms with Crippen LogP contribution in [-0.4, -0.2) is 46.9 Å². The van der Waals surface area contributed by atoms with Crippen molar-refractivity contribution in [1.82, 2.24) is 20.2 Å². The van der Waals surface area contributed by atoms with Crippen molar-refractivity contribution in [3.05, 3.63) is 77.9 Å². The summed E-state index contributed by atoms with van der Waals surface area (Å²) in [6, 6.07) is 13.8. The summed E-state index contributed by atoms with van der Waals surface area (Å²) in [6.07, 6.45) is 6.90. The van der Waals surface area contributed by atoms with E-state index in [0.717, 1.165) is 53.0 Å². The number of aliphatic imine (C=N–C) groups is 1. The van der Waals surface area contributed by atoms with Crippen molar-refractivity contribution in [3.63, 3.8) is 0 Å². The first-order valence-corrected chi connectivity index (χ1v) is 11.7. The molecule has 0 saturated carbocycles. The maximum absolute atomic E-state index is 13.9. The van der Waals surface area contributed by atoms with Gasteiger partial charge in [0.25, 0.3) is 5.91 Å². The molecule has 3 aromatic rings. The molecule has 2 aromatic carbocycles. The van der Waals surface area contributed by atoms with E-state index in [2.05, 4.69) is 29.1 Å². The first-order chi connectivity index (χ1) is 16.5. The van der Waals surface area contributed by atoms with E-state index >= 15 is 0 Å². The van der Waals surface area contributed by atoms with Gasteiger partial charge in [-0.15, -0.1) is 0 Å². The lowest BCUT2D eigenvalue weighted by Crippen LogP contribution is -2.42. The summed E-state index contributed by atoms with van der Waals surface area (Å²) in [6.45, 7) is 7.55. The maximum Gasteiger partial charge on any atom is 0.266 e. The zero-order valence-corrected chi connectivity index (χ0v) is 20.2. The second kappa shape index (κ2) is 10.0. The highest BCUT2D eigenvalue weighted by molar-refractivity contribution is 6.09. The number of carbonyl (C=O) groups excluding carboxylic acids is 1. The molecular formula is C27H31N5O2. The van der Waals surface area contributed by atoms with E-state index in [9.17, 15) is 4.79 Å². The lowest BCUT2D eigenvalue weighted by atomic mass is 9.81. The van der Waals surface area contributed by atoms with Crippen molar-refractivity contribution in [2.24, 2.45) is 4.99 Å². The Bertz CT molecular complexity index is 1190. The van der Waals surface area contributed by atoms with E-state index in [1.54, 1.807) is 24.3 Å². The summed E-state index contributed by atoms with van der Waals surface area (Å²) in [5, 5.41) is 3.32. The zero-order chi connectivity index (χ0) is 24.1. The van der Waals surface area contributed by atoms with Gasteiger partial charge in [0.15, 0.2) is 5.54 Å². The molecule has 1 amide bonds. The second-order valence-corrected chi connectivity index (χ2v) is 8.47. The molecule has 1 aliphatic heterocycles. The fraction of sp³-hybridized carbons (Fsp3) is 0.333. The third-order valence-corrected chi connectivity index (χ3v) is 5.97. The molecular weight excluding hydrogens is 426 g/mol. The van der Waals surface area contributed by atoms with Gasteiger partial charge < -0.3 is 10.1 Å². The molecule has 34 heavy (non-hydrogen) atoms. The highest BCUT2D eigenvalue weighted by Crippen LogP contribution is 2.42. The second-order valence-electron chi connectivity index (χ2n) is 8.47. The number of nitrogens with zero attached hydrogens (tertiary/aromatic N) is 4. The van der Waals surface area contributed by atoms with E-state index in [0.29, 0.717) is 12.6 Å². The molecule has 1 aliphatic rings. The van der Waals surface area contributed by atoms with Crippen molar-refractivity contribution in [3.8, 4) is 16.9 Å². The Balaban J connectivity index is 1.88. The molecule has 7 nitrogen and oxygen atoms in total. The van der Waals surface area contributed by atoms with Crippen LogP contribution in [0.4, 0.5) is 0 Å². The molecule has 0 radical (unpaired) electrons. The summed E-state index contributed by atoms with van der Waals surface area (Å²) in [7, 11) is 1.77. The first kappa shape index (κ1) is 23.4. The number of guanidine groups is 1. The number of hydrogen-bond donors (Lipinski definition) is 1. The Hall–Kier alpha value is -3.74. The number of carbonyl (C=O) groups is 1. The van der Waals surface area contributed by atoms with Gasteiger partial charge in [-0.3, -0.25) is 9.69 Å². The smallest absolute Gasteiger partial charge is 0.266 e. The summed E-state index contributed by atoms with van der Waals surface area (Å²) in [5.74, 6) is 1.29. The lowest BCUT2D eigenvalue weighted by Gasteiger charge is -2.27. The summed E-state index contributed by atoms with van der Waals surface area (Å²) in [4.78, 5) is 28.9. The molecule has 0 fully saturated rings. The highest BCUT2D eigenvalue weighted by Gasteiger charge is 2.50. The Morgan fingerprint density at radius 1 is 1.00 bits per heavy atom. The number of likely N-dealkylation sites (N-methyl/N-ethyl adjacent to an activating group) is 1. The van der Waals surface area contributed by atoms with Crippen LogP contribution < -0.4 is 10.1 Å². The Morgan fingerprint density at radius 3 is 2.47 bits per heavy atom. The van der Waals surface area contributed by atoms with Crippen LogP contribution in [0.5, 0.6) is 5.75 Å². The van der Waals surface area contributed by atoms with E-state index in [1.807, 2.05) is 49.4 Å². The molecule has 1 atom stereocenters. The predicted molar refractivity (Wildman–Crippen MR) is 134 cm³/mol. The van der Waals surface area contributed by atoms with Gasteiger partial charge in [-0.1, -0.05) is 38.1 Å². The van der Waals surface area contributed by atoms with Crippen LogP contribution in [0, 0.1) is 6.92 Å². The van der Waals surface area contributed by atoms with Crippen LogP contribution in [-0.2, 0) is 10.3 Å². The molecule has 1 N–H and O–H groups in total. The third-order valence-electron chi connectivity index (χ3n) is 5.97. The van der Waals surface area contributed by atoms with Gasteiger partial charge >= 0.3 is 0 Å². The van der Waals surface area contributed by atoms with Crippen LogP contribution in [0.3, 0.4) is 0 Å². The number of amides is 1. The van der Waals surface area contributed by atoms with Crippen molar-refractivity contribution in [2.75, 3.05) is 20.2 Å². The number of nitrogens with one attached hydrogen (secondary N) is 1. The number of rotatable bonds is 8. The SMILES string of the molecule is CCCNC1=NC(c2cccc(-c3cncnc3)c2)(c2ccc(OCCC)c(C)c2)C(=O)N1C.